The molecule has 2 aliphatic rings. The average molecular weight is 574 g/mol. The number of rotatable bonds is 7. The number of nitrogens with zero attached hydrogens (tertiary/aromatic N) is 6. The maximum atomic E-state index is 13.1. The van der Waals surface area contributed by atoms with Gasteiger partial charge in [0.05, 0.1) is 29.4 Å². The molecule has 2 aliphatic heterocycles. The second kappa shape index (κ2) is 11.5. The molecule has 0 saturated carbocycles. The van der Waals surface area contributed by atoms with Gasteiger partial charge in [-0.3, -0.25) is 19.2 Å². The van der Waals surface area contributed by atoms with Crippen LogP contribution in [0.2, 0.25) is 0 Å². The molecule has 0 spiro atoms. The van der Waals surface area contributed by atoms with Gasteiger partial charge in [-0.2, -0.15) is 16.9 Å². The summed E-state index contributed by atoms with van der Waals surface area (Å²) in [6.07, 6.45) is 4.52. The summed E-state index contributed by atoms with van der Waals surface area (Å²) in [7, 11) is 1.89. The minimum atomic E-state index is -0.0912. The lowest BCUT2D eigenvalue weighted by Crippen LogP contribution is -2.42. The predicted octanol–water partition coefficient (Wildman–Crippen LogP) is 3.55. The Morgan fingerprint density at radius 2 is 2.00 bits per heavy atom. The molecule has 0 unspecified atom stereocenters. The molecular formula is C29H35N9O2S. The van der Waals surface area contributed by atoms with E-state index >= 15 is 0 Å². The molecule has 2 amide bonds. The third-order valence-corrected chi connectivity index (χ3v) is 8.82. The summed E-state index contributed by atoms with van der Waals surface area (Å²) in [5.41, 5.74) is 5.23. The number of likely N-dealkylation sites (tertiary alicyclic amines) is 1. The van der Waals surface area contributed by atoms with E-state index in [1.165, 1.54) is 0 Å². The van der Waals surface area contributed by atoms with Gasteiger partial charge in [0.25, 0.3) is 0 Å². The first-order valence-electron chi connectivity index (χ1n) is 14.0. The van der Waals surface area contributed by atoms with Crippen molar-refractivity contribution in [2.75, 3.05) is 54.9 Å². The quantitative estimate of drug-likeness (QED) is 0.307. The van der Waals surface area contributed by atoms with E-state index in [0.717, 1.165) is 71.0 Å². The molecule has 3 aromatic heterocycles. The summed E-state index contributed by atoms with van der Waals surface area (Å²) in [5.74, 6) is 3.30. The molecule has 0 aliphatic carbocycles. The van der Waals surface area contributed by atoms with E-state index in [9.17, 15) is 9.59 Å². The SMILES string of the molecule is Cc1cnc(Nc2cc(C)n(C)n2)nc1-c1c[nH]c2c(NC(=O)CN3CC[C@@H](C(=O)N4CCSCC4)C3)cccc12. The first kappa shape index (κ1) is 27.3. The Balaban J connectivity index is 1.14. The number of aryl methyl sites for hydroxylation is 3. The normalized spacial score (nSPS) is 17.7. The van der Waals surface area contributed by atoms with Gasteiger partial charge in [-0.05, 0) is 38.4 Å². The Morgan fingerprint density at radius 1 is 1.17 bits per heavy atom. The minimum Gasteiger partial charge on any atom is -0.359 e. The molecule has 1 atom stereocenters. The molecule has 12 heteroatoms. The Bertz CT molecular complexity index is 1570. The number of hydrogen-bond donors (Lipinski definition) is 3. The van der Waals surface area contributed by atoms with Crippen molar-refractivity contribution in [1.29, 1.82) is 0 Å². The molecule has 41 heavy (non-hydrogen) atoms. The number of carbonyl (C=O) groups excluding carboxylic acids is 2. The zero-order chi connectivity index (χ0) is 28.5. The number of anilines is 3. The zero-order valence-electron chi connectivity index (χ0n) is 23.6. The first-order valence-corrected chi connectivity index (χ1v) is 15.1. The second-order valence-electron chi connectivity index (χ2n) is 10.8. The van der Waals surface area contributed by atoms with Crippen LogP contribution >= 0.6 is 11.8 Å². The van der Waals surface area contributed by atoms with Crippen LogP contribution in [0.5, 0.6) is 0 Å². The highest BCUT2D eigenvalue weighted by molar-refractivity contribution is 7.99. The maximum Gasteiger partial charge on any atom is 0.238 e. The molecule has 6 rings (SSSR count). The Kier molecular flexibility index (Phi) is 7.67. The second-order valence-corrected chi connectivity index (χ2v) is 12.0. The smallest absolute Gasteiger partial charge is 0.238 e. The number of aromatic amines is 1. The summed E-state index contributed by atoms with van der Waals surface area (Å²) in [6, 6.07) is 7.79. The molecule has 2 saturated heterocycles. The van der Waals surface area contributed by atoms with Crippen molar-refractivity contribution in [1.82, 2.24) is 34.5 Å². The van der Waals surface area contributed by atoms with Gasteiger partial charge in [0.1, 0.15) is 0 Å². The number of para-hydroxylation sites is 1. The number of hydrogen-bond acceptors (Lipinski definition) is 8. The first-order chi connectivity index (χ1) is 19.9. The fourth-order valence-electron chi connectivity index (χ4n) is 5.58. The van der Waals surface area contributed by atoms with E-state index in [1.807, 2.05) is 68.0 Å². The number of nitrogens with one attached hydrogen (secondary N) is 3. The van der Waals surface area contributed by atoms with Crippen molar-refractivity contribution in [2.45, 2.75) is 20.3 Å². The Morgan fingerprint density at radius 3 is 2.78 bits per heavy atom. The fourth-order valence-corrected chi connectivity index (χ4v) is 6.48. The van der Waals surface area contributed by atoms with Crippen molar-refractivity contribution in [3.63, 3.8) is 0 Å². The molecule has 11 nitrogen and oxygen atoms in total. The lowest BCUT2D eigenvalue weighted by Gasteiger charge is -2.28. The van der Waals surface area contributed by atoms with E-state index in [4.69, 9.17) is 4.98 Å². The van der Waals surface area contributed by atoms with Crippen LogP contribution in [0.3, 0.4) is 0 Å². The average Bonchev–Trinajstić information content (AvgIpc) is 3.69. The van der Waals surface area contributed by atoms with Crippen LogP contribution in [-0.4, -0.2) is 90.6 Å². The molecule has 5 heterocycles. The largest absolute Gasteiger partial charge is 0.359 e. The summed E-state index contributed by atoms with van der Waals surface area (Å²) >= 11 is 1.90. The molecule has 0 bridgehead atoms. The Hall–Kier alpha value is -3.90. The van der Waals surface area contributed by atoms with Crippen LogP contribution in [0.4, 0.5) is 17.5 Å². The molecule has 4 aromatic rings. The number of amides is 2. The van der Waals surface area contributed by atoms with Crippen molar-refractivity contribution in [2.24, 2.45) is 13.0 Å². The van der Waals surface area contributed by atoms with Crippen molar-refractivity contribution in [3.8, 4) is 11.3 Å². The van der Waals surface area contributed by atoms with Gasteiger partial charge in [0, 0.05) is 73.3 Å². The van der Waals surface area contributed by atoms with Crippen LogP contribution in [0.25, 0.3) is 22.2 Å². The number of aromatic nitrogens is 5. The number of carbonyl (C=O) groups is 2. The van der Waals surface area contributed by atoms with Crippen molar-refractivity contribution >= 4 is 51.9 Å². The maximum absolute atomic E-state index is 13.1. The van der Waals surface area contributed by atoms with Gasteiger partial charge in [-0.15, -0.1) is 0 Å². The van der Waals surface area contributed by atoms with E-state index in [-0.39, 0.29) is 24.3 Å². The monoisotopic (exact) mass is 573 g/mol. The summed E-state index contributed by atoms with van der Waals surface area (Å²) in [4.78, 5) is 42.6. The topological polar surface area (TPSA) is 124 Å². The summed E-state index contributed by atoms with van der Waals surface area (Å²) < 4.78 is 1.80. The standard InChI is InChI=1S/C29H35N9O2S/c1-18-14-31-29(33-24-13-19(2)36(3)35-24)34-26(18)22-15-30-27-21(22)5-4-6-23(27)32-25(39)17-37-8-7-20(16-37)28(40)38-9-11-41-12-10-38/h4-6,13-15,20,30H,7-12,16-17H2,1-3H3,(H,32,39)(H,31,33,34,35)/t20-/m1/s1. The number of fused-ring (bicyclic) bond motifs is 1. The molecule has 214 valence electrons. The molecule has 0 radical (unpaired) electrons. The molecule has 3 N–H and O–H groups in total. The lowest BCUT2D eigenvalue weighted by atomic mass is 10.1. The lowest BCUT2D eigenvalue weighted by molar-refractivity contribution is -0.134. The van der Waals surface area contributed by atoms with Gasteiger partial charge >= 0.3 is 0 Å². The highest BCUT2D eigenvalue weighted by Gasteiger charge is 2.32. The molecular weight excluding hydrogens is 538 g/mol. The molecule has 2 fully saturated rings. The number of thioether (sulfide) groups is 1. The third kappa shape index (κ3) is 5.80. The van der Waals surface area contributed by atoms with E-state index in [0.29, 0.717) is 24.0 Å². The fraction of sp³-hybridized carbons (Fsp3) is 0.414. The predicted molar refractivity (Wildman–Crippen MR) is 162 cm³/mol. The molecule has 1 aromatic carbocycles. The zero-order valence-corrected chi connectivity index (χ0v) is 24.4. The van der Waals surface area contributed by atoms with Crippen molar-refractivity contribution in [3.05, 3.63) is 47.9 Å². The van der Waals surface area contributed by atoms with E-state index in [1.54, 1.807) is 10.9 Å². The van der Waals surface area contributed by atoms with Crippen LogP contribution in [0.15, 0.2) is 36.7 Å². The van der Waals surface area contributed by atoms with Crippen LogP contribution < -0.4 is 10.6 Å². The van der Waals surface area contributed by atoms with Gasteiger partial charge in [0.15, 0.2) is 5.82 Å². The van der Waals surface area contributed by atoms with Crippen LogP contribution in [0.1, 0.15) is 17.7 Å². The summed E-state index contributed by atoms with van der Waals surface area (Å²) in [5, 5.41) is 11.7. The van der Waals surface area contributed by atoms with E-state index < -0.39 is 0 Å². The van der Waals surface area contributed by atoms with Gasteiger partial charge in [0.2, 0.25) is 17.8 Å². The minimum absolute atomic E-state index is 0.0162. The van der Waals surface area contributed by atoms with E-state index in [2.05, 4.69) is 30.6 Å². The third-order valence-electron chi connectivity index (χ3n) is 7.88. The number of H-pyrrole nitrogens is 1. The number of benzene rings is 1. The highest BCUT2D eigenvalue weighted by atomic mass is 32.2. The van der Waals surface area contributed by atoms with Gasteiger partial charge in [-0.25, -0.2) is 9.97 Å². The summed E-state index contributed by atoms with van der Waals surface area (Å²) in [6.45, 7) is 7.28. The van der Waals surface area contributed by atoms with Crippen LogP contribution in [-0.2, 0) is 16.6 Å². The highest BCUT2D eigenvalue weighted by Crippen LogP contribution is 2.33. The van der Waals surface area contributed by atoms with Crippen molar-refractivity contribution < 1.29 is 9.59 Å². The van der Waals surface area contributed by atoms with Crippen LogP contribution in [0, 0.1) is 19.8 Å². The Labute approximate surface area is 243 Å². The van der Waals surface area contributed by atoms with Gasteiger partial charge < -0.3 is 20.5 Å². The van der Waals surface area contributed by atoms with Gasteiger partial charge in [-0.1, -0.05) is 12.1 Å².